The Morgan fingerprint density at radius 2 is 1.79 bits per heavy atom. The molecule has 0 saturated carbocycles. The molecule has 34 heavy (non-hydrogen) atoms. The molecule has 3 aromatic rings. The van der Waals surface area contributed by atoms with Gasteiger partial charge in [0.2, 0.25) is 0 Å². The molecule has 7 nitrogen and oxygen atoms in total. The molecule has 0 unspecified atom stereocenters. The maximum atomic E-state index is 13.0. The maximum absolute atomic E-state index is 13.0. The third-order valence-electron chi connectivity index (χ3n) is 4.97. The van der Waals surface area contributed by atoms with E-state index in [1.165, 1.54) is 18.2 Å². The summed E-state index contributed by atoms with van der Waals surface area (Å²) in [6.45, 7) is 0.221. The Morgan fingerprint density at radius 3 is 2.50 bits per heavy atom. The largest absolute Gasteiger partial charge is 0.488 e. The fraction of sp³-hybridized carbons (Fsp3) is 0.0400. The standard InChI is InChI=1S/C25H15ClIN3O4/c26-18-6-8-19(9-7-18)30-24(32)20(23(31)29-25(30)33)11-15-5-10-22(21(27)12-15)34-14-17-4-2-1-3-16(17)13-28/h1-12H,14H2,(H,29,31,33)/b20-11+. The number of imide groups is 2. The molecule has 9 heteroatoms. The summed E-state index contributed by atoms with van der Waals surface area (Å²) in [4.78, 5) is 38.6. The second-order valence-corrected chi connectivity index (χ2v) is 8.78. The zero-order chi connectivity index (χ0) is 24.2. The number of urea groups is 1. The third kappa shape index (κ3) is 4.95. The van der Waals surface area contributed by atoms with Crippen LogP contribution >= 0.6 is 34.2 Å². The van der Waals surface area contributed by atoms with E-state index in [2.05, 4.69) is 34.0 Å². The smallest absolute Gasteiger partial charge is 0.335 e. The minimum absolute atomic E-state index is 0.179. The van der Waals surface area contributed by atoms with Crippen LogP contribution in [0.2, 0.25) is 5.02 Å². The van der Waals surface area contributed by atoms with E-state index in [1.807, 2.05) is 12.1 Å². The highest BCUT2D eigenvalue weighted by atomic mass is 127. The number of benzene rings is 3. The van der Waals surface area contributed by atoms with Crippen molar-refractivity contribution >= 4 is 63.8 Å². The number of ether oxygens (including phenoxy) is 1. The Hall–Kier alpha value is -3.68. The molecule has 1 heterocycles. The van der Waals surface area contributed by atoms with Crippen LogP contribution < -0.4 is 15.0 Å². The van der Waals surface area contributed by atoms with Crippen LogP contribution in [-0.2, 0) is 16.2 Å². The summed E-state index contributed by atoms with van der Waals surface area (Å²) >= 11 is 7.98. The summed E-state index contributed by atoms with van der Waals surface area (Å²) in [5.41, 5.74) is 2.00. The second kappa shape index (κ2) is 10.1. The number of hydrogen-bond donors (Lipinski definition) is 1. The number of carbonyl (C=O) groups is 3. The molecule has 3 aromatic carbocycles. The Labute approximate surface area is 213 Å². The maximum Gasteiger partial charge on any atom is 0.335 e. The number of hydrogen-bond acceptors (Lipinski definition) is 5. The van der Waals surface area contributed by atoms with Crippen LogP contribution in [0.1, 0.15) is 16.7 Å². The van der Waals surface area contributed by atoms with Gasteiger partial charge in [0.05, 0.1) is 20.9 Å². The van der Waals surface area contributed by atoms with Crippen molar-refractivity contribution in [2.75, 3.05) is 4.90 Å². The minimum Gasteiger partial charge on any atom is -0.488 e. The lowest BCUT2D eigenvalue weighted by atomic mass is 10.1. The molecule has 4 rings (SSSR count). The highest BCUT2D eigenvalue weighted by Crippen LogP contribution is 2.27. The molecule has 1 aliphatic rings. The monoisotopic (exact) mass is 583 g/mol. The Bertz CT molecular complexity index is 1380. The van der Waals surface area contributed by atoms with E-state index >= 15 is 0 Å². The fourth-order valence-corrected chi connectivity index (χ4v) is 4.10. The van der Waals surface area contributed by atoms with E-state index in [-0.39, 0.29) is 12.2 Å². The molecular weight excluding hydrogens is 569 g/mol. The molecular formula is C25H15ClIN3O4. The van der Waals surface area contributed by atoms with Crippen LogP contribution in [0.15, 0.2) is 72.3 Å². The lowest BCUT2D eigenvalue weighted by Crippen LogP contribution is -2.54. The number of amides is 4. The van der Waals surface area contributed by atoms with E-state index < -0.39 is 17.8 Å². The second-order valence-electron chi connectivity index (χ2n) is 7.18. The van der Waals surface area contributed by atoms with E-state index in [4.69, 9.17) is 16.3 Å². The van der Waals surface area contributed by atoms with Crippen molar-refractivity contribution in [2.45, 2.75) is 6.61 Å². The van der Waals surface area contributed by atoms with E-state index in [9.17, 15) is 19.6 Å². The van der Waals surface area contributed by atoms with E-state index in [0.717, 1.165) is 14.0 Å². The van der Waals surface area contributed by atoms with Crippen LogP contribution in [0.25, 0.3) is 6.08 Å². The van der Waals surface area contributed by atoms with E-state index in [1.54, 1.807) is 42.5 Å². The topological polar surface area (TPSA) is 99.5 Å². The van der Waals surface area contributed by atoms with Crippen LogP contribution in [0.3, 0.4) is 0 Å². The van der Waals surface area contributed by atoms with Gasteiger partial charge in [0.1, 0.15) is 17.9 Å². The van der Waals surface area contributed by atoms with Crippen molar-refractivity contribution in [2.24, 2.45) is 0 Å². The molecule has 4 amide bonds. The minimum atomic E-state index is -0.828. The summed E-state index contributed by atoms with van der Waals surface area (Å²) in [6.07, 6.45) is 1.42. The average molecular weight is 584 g/mol. The highest BCUT2D eigenvalue weighted by Gasteiger charge is 2.36. The number of carbonyl (C=O) groups excluding carboxylic acids is 3. The first-order valence-corrected chi connectivity index (χ1v) is 11.4. The number of barbiturate groups is 1. The van der Waals surface area contributed by atoms with Gasteiger partial charge in [-0.25, -0.2) is 9.69 Å². The predicted molar refractivity (Wildman–Crippen MR) is 135 cm³/mol. The zero-order valence-corrected chi connectivity index (χ0v) is 20.3. The Morgan fingerprint density at radius 1 is 1.06 bits per heavy atom. The summed E-state index contributed by atoms with van der Waals surface area (Å²) < 4.78 is 6.61. The third-order valence-corrected chi connectivity index (χ3v) is 6.07. The van der Waals surface area contributed by atoms with Crippen LogP contribution in [0.5, 0.6) is 5.75 Å². The SMILES string of the molecule is N#Cc1ccccc1COc1ccc(/C=C2\C(=O)NC(=O)N(c3ccc(Cl)cc3)C2=O)cc1I. The summed E-state index contributed by atoms with van der Waals surface area (Å²) in [7, 11) is 0. The number of nitrogens with zero attached hydrogens (tertiary/aromatic N) is 2. The van der Waals surface area contributed by atoms with Crippen molar-refractivity contribution in [3.8, 4) is 11.8 Å². The molecule has 0 aliphatic carbocycles. The number of nitriles is 1. The van der Waals surface area contributed by atoms with Gasteiger partial charge >= 0.3 is 6.03 Å². The van der Waals surface area contributed by atoms with Gasteiger partial charge < -0.3 is 4.74 Å². The van der Waals surface area contributed by atoms with Gasteiger partial charge in [-0.3, -0.25) is 14.9 Å². The molecule has 0 aromatic heterocycles. The van der Waals surface area contributed by atoms with Gasteiger partial charge in [0, 0.05) is 10.6 Å². The average Bonchev–Trinajstić information content (AvgIpc) is 2.82. The molecule has 1 saturated heterocycles. The molecule has 1 fully saturated rings. The Kier molecular flexibility index (Phi) is 6.95. The van der Waals surface area contributed by atoms with Gasteiger partial charge in [-0.15, -0.1) is 0 Å². The normalized spacial score (nSPS) is 14.7. The first kappa shape index (κ1) is 23.5. The van der Waals surface area contributed by atoms with Crippen molar-refractivity contribution in [3.63, 3.8) is 0 Å². The summed E-state index contributed by atoms with van der Waals surface area (Å²) in [6, 6.07) is 19.8. The quantitative estimate of drug-likeness (QED) is 0.257. The molecule has 0 atom stereocenters. The van der Waals surface area contributed by atoms with Gasteiger partial charge in [0.25, 0.3) is 11.8 Å². The number of halogens is 2. The number of rotatable bonds is 5. The summed E-state index contributed by atoms with van der Waals surface area (Å²) in [5.74, 6) is -0.920. The van der Waals surface area contributed by atoms with E-state index in [0.29, 0.717) is 27.6 Å². The highest BCUT2D eigenvalue weighted by molar-refractivity contribution is 14.1. The first-order valence-electron chi connectivity index (χ1n) is 9.95. The molecule has 1 aliphatic heterocycles. The van der Waals surface area contributed by atoms with Gasteiger partial charge in [-0.1, -0.05) is 35.9 Å². The molecule has 0 radical (unpaired) electrons. The number of anilines is 1. The zero-order valence-electron chi connectivity index (χ0n) is 17.4. The molecule has 0 spiro atoms. The fourth-order valence-electron chi connectivity index (χ4n) is 3.28. The van der Waals surface area contributed by atoms with Gasteiger partial charge in [-0.05, 0) is 76.7 Å². The lowest BCUT2D eigenvalue weighted by Gasteiger charge is -2.26. The van der Waals surface area contributed by atoms with Crippen LogP contribution in [0.4, 0.5) is 10.5 Å². The van der Waals surface area contributed by atoms with Crippen molar-refractivity contribution < 1.29 is 19.1 Å². The van der Waals surface area contributed by atoms with Crippen molar-refractivity contribution in [3.05, 3.63) is 97.6 Å². The Balaban J connectivity index is 1.56. The van der Waals surface area contributed by atoms with Gasteiger partial charge in [-0.2, -0.15) is 5.26 Å². The molecule has 0 bridgehead atoms. The first-order chi connectivity index (χ1) is 16.4. The lowest BCUT2D eigenvalue weighted by molar-refractivity contribution is -0.122. The van der Waals surface area contributed by atoms with Crippen LogP contribution in [-0.4, -0.2) is 17.8 Å². The van der Waals surface area contributed by atoms with Crippen LogP contribution in [0, 0.1) is 14.9 Å². The molecule has 168 valence electrons. The summed E-state index contributed by atoms with van der Waals surface area (Å²) in [5, 5.41) is 11.9. The predicted octanol–water partition coefficient (Wildman–Crippen LogP) is 5.06. The van der Waals surface area contributed by atoms with Crippen molar-refractivity contribution in [1.29, 1.82) is 5.26 Å². The molecule has 1 N–H and O–H groups in total. The van der Waals surface area contributed by atoms with Gasteiger partial charge in [0.15, 0.2) is 0 Å². The van der Waals surface area contributed by atoms with Crippen molar-refractivity contribution in [1.82, 2.24) is 5.32 Å². The number of nitrogens with one attached hydrogen (secondary N) is 1.